The summed E-state index contributed by atoms with van der Waals surface area (Å²) in [5, 5.41) is 0. The molecule has 0 aliphatic heterocycles. The van der Waals surface area contributed by atoms with E-state index in [1.54, 1.807) is 0 Å². The molecule has 528 valence electrons. The van der Waals surface area contributed by atoms with Crippen LogP contribution in [0.4, 0.5) is 11.4 Å². The quantitative estimate of drug-likeness (QED) is 0.0358. The van der Waals surface area contributed by atoms with E-state index in [4.69, 9.17) is 9.98 Å². The first-order valence-electron chi connectivity index (χ1n) is 42.0. The van der Waals surface area contributed by atoms with Gasteiger partial charge in [0, 0.05) is 32.1 Å². The Bertz CT molecular complexity index is 2120. The fourth-order valence-corrected chi connectivity index (χ4v) is 13.5. The molecule has 2 aromatic rings. The van der Waals surface area contributed by atoms with E-state index in [-0.39, 0.29) is 0 Å². The van der Waals surface area contributed by atoms with Crippen LogP contribution in [0.5, 0.6) is 0 Å². The lowest BCUT2D eigenvalue weighted by Gasteiger charge is -2.05. The molecule has 0 aromatic heterocycles. The van der Waals surface area contributed by atoms with Gasteiger partial charge in [-0.1, -0.05) is 435 Å². The lowest BCUT2D eigenvalue weighted by molar-refractivity contribution is 0.518. The van der Waals surface area contributed by atoms with Crippen LogP contribution in [0, 0.1) is 35.5 Å². The molecule has 0 fully saturated rings. The molecule has 0 bridgehead atoms. The SMILES string of the molecule is CCCCCCCCCCCCCCCCCC#CC(C=Nc1ccccc1CCC#CCCCCCCCCCCCCCCCCCCCCCCCCC)=Nc1ccccc1CCC#CCCCCCCCCCCCCCCCCCCCCCCCCC. The van der Waals surface area contributed by atoms with Gasteiger partial charge in [-0.2, -0.15) is 0 Å². The van der Waals surface area contributed by atoms with E-state index >= 15 is 0 Å². The summed E-state index contributed by atoms with van der Waals surface area (Å²) in [6.45, 7) is 6.93. The van der Waals surface area contributed by atoms with Crippen LogP contribution in [-0.4, -0.2) is 11.9 Å². The fraction of sp³-hybridized carbons (Fsp3) is 0.780. The third-order valence-electron chi connectivity index (χ3n) is 19.8. The van der Waals surface area contributed by atoms with Gasteiger partial charge in [0.1, 0.15) is 5.71 Å². The molecule has 2 nitrogen and oxygen atoms in total. The summed E-state index contributed by atoms with van der Waals surface area (Å²) in [6.07, 6.45) is 94.7. The molecular formula is C91H154N2. The van der Waals surface area contributed by atoms with Crippen LogP contribution in [-0.2, 0) is 12.8 Å². The Morgan fingerprint density at radius 1 is 0.247 bits per heavy atom. The highest BCUT2D eigenvalue weighted by Crippen LogP contribution is 2.24. The van der Waals surface area contributed by atoms with E-state index < -0.39 is 0 Å². The highest BCUT2D eigenvalue weighted by atomic mass is 14.8. The molecule has 0 radical (unpaired) electrons. The van der Waals surface area contributed by atoms with Gasteiger partial charge >= 0.3 is 0 Å². The third kappa shape index (κ3) is 60.6. The minimum absolute atomic E-state index is 0.736. The highest BCUT2D eigenvalue weighted by Gasteiger charge is 2.05. The maximum atomic E-state index is 5.22. The first kappa shape index (κ1) is 85.5. The van der Waals surface area contributed by atoms with Crippen LogP contribution < -0.4 is 0 Å². The zero-order valence-corrected chi connectivity index (χ0v) is 62.7. The number of nitrogens with zero attached hydrogens (tertiary/aromatic N) is 2. The van der Waals surface area contributed by atoms with Gasteiger partial charge in [-0.25, -0.2) is 4.99 Å². The Kier molecular flexibility index (Phi) is 66.9. The van der Waals surface area contributed by atoms with E-state index in [1.165, 1.54) is 396 Å². The summed E-state index contributed by atoms with van der Waals surface area (Å²) in [6, 6.07) is 17.2. The highest BCUT2D eigenvalue weighted by molar-refractivity contribution is 6.39. The van der Waals surface area contributed by atoms with Crippen molar-refractivity contribution in [2.45, 2.75) is 457 Å². The normalized spacial score (nSPS) is 11.5. The van der Waals surface area contributed by atoms with Gasteiger partial charge in [-0.15, -0.1) is 23.7 Å². The van der Waals surface area contributed by atoms with Gasteiger partial charge in [0.2, 0.25) is 0 Å². The number of aliphatic imine (C=N–C) groups is 2. The third-order valence-corrected chi connectivity index (χ3v) is 19.8. The molecule has 2 heteroatoms. The molecule has 2 aromatic carbocycles. The van der Waals surface area contributed by atoms with Crippen molar-refractivity contribution in [1.29, 1.82) is 0 Å². The van der Waals surface area contributed by atoms with Crippen molar-refractivity contribution in [3.05, 3.63) is 59.7 Å². The van der Waals surface area contributed by atoms with Gasteiger partial charge < -0.3 is 0 Å². The van der Waals surface area contributed by atoms with Gasteiger partial charge in [0.15, 0.2) is 0 Å². The second-order valence-corrected chi connectivity index (χ2v) is 28.8. The van der Waals surface area contributed by atoms with Crippen molar-refractivity contribution >= 4 is 23.3 Å². The van der Waals surface area contributed by atoms with E-state index in [9.17, 15) is 0 Å². The topological polar surface area (TPSA) is 24.7 Å². The van der Waals surface area contributed by atoms with Gasteiger partial charge in [0.05, 0.1) is 17.6 Å². The summed E-state index contributed by atoms with van der Waals surface area (Å²) in [5.74, 6) is 21.0. The minimum Gasteiger partial charge on any atom is -0.254 e. The standard InChI is InChI=1S/C91H154N2/c1-4-7-10-13-16-19-22-25-28-31-33-35-37-39-41-43-45-47-49-52-54-57-60-63-66-69-72-79-87-81-75-77-84-90(87)92-86-89(83-74-71-68-65-62-59-56-51-30-27-24-21-18-15-12-9-6-3)93-91-85-78-76-82-88(91)80-73-70-67-64-61-58-55-53-50-48-46-44-42-40-38-36-34-32-29-26-23-20-17-14-11-8-5-2/h75-78,81-82,84-86H,4-65,68,71-73,79-80H2,1-3H3. The predicted molar refractivity (Wildman–Crippen MR) is 421 cm³/mol. The summed E-state index contributed by atoms with van der Waals surface area (Å²) in [4.78, 5) is 10.3. The second kappa shape index (κ2) is 72.7. The largest absolute Gasteiger partial charge is 0.254 e. The van der Waals surface area contributed by atoms with E-state index in [2.05, 4.69) is 105 Å². The summed E-state index contributed by atoms with van der Waals surface area (Å²) >= 11 is 0. The molecule has 0 saturated heterocycles. The Balaban J connectivity index is 1.72. The van der Waals surface area contributed by atoms with Crippen LogP contribution in [0.3, 0.4) is 0 Å². The lowest BCUT2D eigenvalue weighted by atomic mass is 10.0. The van der Waals surface area contributed by atoms with Crippen LogP contribution in [0.2, 0.25) is 0 Å². The number of hydrogen-bond acceptors (Lipinski definition) is 2. The number of rotatable bonds is 68. The molecule has 0 aliphatic rings. The second-order valence-electron chi connectivity index (χ2n) is 28.8. The summed E-state index contributed by atoms with van der Waals surface area (Å²) in [7, 11) is 0. The predicted octanol–water partition coefficient (Wildman–Crippen LogP) is 31.1. The van der Waals surface area contributed by atoms with Gasteiger partial charge in [-0.05, 0) is 61.3 Å². The molecular weight excluding hydrogens is 1120 g/mol. The van der Waals surface area contributed by atoms with E-state index in [0.717, 1.165) is 68.5 Å². The van der Waals surface area contributed by atoms with Crippen molar-refractivity contribution < 1.29 is 0 Å². The molecule has 2 rings (SSSR count). The Labute approximate surface area is 582 Å². The molecule has 0 unspecified atom stereocenters. The minimum atomic E-state index is 0.736. The van der Waals surface area contributed by atoms with Gasteiger partial charge in [0.25, 0.3) is 0 Å². The average molecular weight is 1280 g/mol. The fourth-order valence-electron chi connectivity index (χ4n) is 13.5. The number of aryl methyl sites for hydroxylation is 2. The van der Waals surface area contributed by atoms with Crippen LogP contribution in [0.1, 0.15) is 456 Å². The molecule has 0 aliphatic carbocycles. The zero-order chi connectivity index (χ0) is 66.0. The maximum Gasteiger partial charge on any atom is 0.132 e. The van der Waals surface area contributed by atoms with Gasteiger partial charge in [-0.3, -0.25) is 4.99 Å². The van der Waals surface area contributed by atoms with Crippen molar-refractivity contribution in [2.24, 2.45) is 9.98 Å². The van der Waals surface area contributed by atoms with Crippen LogP contribution in [0.25, 0.3) is 0 Å². The maximum absolute atomic E-state index is 5.22. The van der Waals surface area contributed by atoms with E-state index in [0.29, 0.717) is 0 Å². The Morgan fingerprint density at radius 3 is 0.742 bits per heavy atom. The molecule has 0 N–H and O–H groups in total. The number of para-hydroxylation sites is 2. The monoisotopic (exact) mass is 1280 g/mol. The average Bonchev–Trinajstić information content (AvgIpc) is 3.79. The first-order valence-corrected chi connectivity index (χ1v) is 42.0. The molecule has 0 amide bonds. The molecule has 0 saturated carbocycles. The summed E-state index contributed by atoms with van der Waals surface area (Å²) in [5.41, 5.74) is 5.19. The molecule has 0 spiro atoms. The van der Waals surface area contributed by atoms with Crippen molar-refractivity contribution in [2.75, 3.05) is 0 Å². The number of benzene rings is 2. The first-order chi connectivity index (χ1) is 46.3. The van der Waals surface area contributed by atoms with Crippen LogP contribution >= 0.6 is 0 Å². The summed E-state index contributed by atoms with van der Waals surface area (Å²) < 4.78 is 0. The zero-order valence-electron chi connectivity index (χ0n) is 62.7. The Morgan fingerprint density at radius 2 is 0.462 bits per heavy atom. The lowest BCUT2D eigenvalue weighted by Crippen LogP contribution is -1.97. The van der Waals surface area contributed by atoms with Crippen LogP contribution in [0.15, 0.2) is 58.5 Å². The Hall–Kier alpha value is -3.54. The number of unbranched alkanes of at least 4 members (excludes halogenated alkanes) is 61. The van der Waals surface area contributed by atoms with Crippen molar-refractivity contribution in [3.63, 3.8) is 0 Å². The van der Waals surface area contributed by atoms with Crippen molar-refractivity contribution in [1.82, 2.24) is 0 Å². The van der Waals surface area contributed by atoms with Crippen molar-refractivity contribution in [3.8, 4) is 35.5 Å². The van der Waals surface area contributed by atoms with E-state index in [1.807, 2.05) is 6.21 Å². The smallest absolute Gasteiger partial charge is 0.132 e. The molecule has 93 heavy (non-hydrogen) atoms. The molecule has 0 atom stereocenters. The molecule has 0 heterocycles. The number of hydrogen-bond donors (Lipinski definition) is 0.